The Hall–Kier alpha value is -1.48. The van der Waals surface area contributed by atoms with E-state index in [0.717, 1.165) is 19.3 Å². The smallest absolute Gasteiger partial charge is 0.163 e. The fraction of sp³-hybridized carbons (Fsp3) is 0.278. The Kier molecular flexibility index (Phi) is 4.20. The number of hydrogen-bond donors (Lipinski definition) is 0. The number of benzene rings is 2. The molecule has 0 bridgehead atoms. The van der Waals surface area contributed by atoms with Crippen molar-refractivity contribution in [1.82, 2.24) is 0 Å². The third-order valence-corrected chi connectivity index (χ3v) is 4.57. The molecule has 1 aliphatic rings. The number of rotatable bonds is 3. The summed E-state index contributed by atoms with van der Waals surface area (Å²) >= 11 is 3.24. The molecule has 0 spiro atoms. The molecular formula is C18H16BrFO. The van der Waals surface area contributed by atoms with E-state index in [1.54, 1.807) is 6.07 Å². The van der Waals surface area contributed by atoms with Gasteiger partial charge in [-0.3, -0.25) is 4.79 Å². The highest BCUT2D eigenvalue weighted by Gasteiger charge is 2.23. The Labute approximate surface area is 132 Å². The summed E-state index contributed by atoms with van der Waals surface area (Å²) < 4.78 is 14.0. The molecule has 21 heavy (non-hydrogen) atoms. The van der Waals surface area contributed by atoms with Crippen LogP contribution in [0.5, 0.6) is 0 Å². The van der Waals surface area contributed by atoms with E-state index in [1.165, 1.54) is 23.3 Å². The predicted octanol–water partition coefficient (Wildman–Crippen LogP) is 5.28. The van der Waals surface area contributed by atoms with Gasteiger partial charge in [0.2, 0.25) is 0 Å². The van der Waals surface area contributed by atoms with Crippen molar-refractivity contribution in [3.05, 3.63) is 69.4 Å². The van der Waals surface area contributed by atoms with Crippen LogP contribution < -0.4 is 0 Å². The lowest BCUT2D eigenvalue weighted by Crippen LogP contribution is -2.14. The minimum absolute atomic E-state index is 0.0110. The lowest BCUT2D eigenvalue weighted by molar-refractivity contribution is 0.0970. The molecule has 0 N–H and O–H groups in total. The van der Waals surface area contributed by atoms with Gasteiger partial charge in [-0.25, -0.2) is 4.39 Å². The molecular weight excluding hydrogens is 331 g/mol. The van der Waals surface area contributed by atoms with Crippen molar-refractivity contribution in [1.29, 1.82) is 0 Å². The standard InChI is InChI=1S/C18H16BrFO/c19-15-8-14(9-16(20)11-15)18(21)10-13-6-3-5-12-4-1-2-7-17(12)13/h1-2,4,7-9,11,13H,3,5-6,10H2. The molecule has 0 aromatic heterocycles. The maximum atomic E-state index is 13.4. The molecule has 0 heterocycles. The minimum atomic E-state index is -0.378. The van der Waals surface area contributed by atoms with Crippen LogP contribution in [-0.2, 0) is 6.42 Å². The summed E-state index contributed by atoms with van der Waals surface area (Å²) in [7, 11) is 0. The molecule has 1 atom stereocenters. The molecule has 1 nitrogen and oxygen atoms in total. The zero-order chi connectivity index (χ0) is 14.8. The van der Waals surface area contributed by atoms with Crippen LogP contribution in [0, 0.1) is 5.82 Å². The average Bonchev–Trinajstić information content (AvgIpc) is 2.46. The van der Waals surface area contributed by atoms with Crippen molar-refractivity contribution >= 4 is 21.7 Å². The zero-order valence-electron chi connectivity index (χ0n) is 11.6. The highest BCUT2D eigenvalue weighted by atomic mass is 79.9. The summed E-state index contributed by atoms with van der Waals surface area (Å²) in [5.74, 6) is -0.113. The molecule has 2 aromatic rings. The van der Waals surface area contributed by atoms with E-state index in [9.17, 15) is 9.18 Å². The SMILES string of the molecule is O=C(CC1CCCc2ccccc21)c1cc(F)cc(Br)c1. The molecule has 0 saturated heterocycles. The molecule has 0 aliphatic heterocycles. The summed E-state index contributed by atoms with van der Waals surface area (Å²) in [6.07, 6.45) is 3.68. The van der Waals surface area contributed by atoms with Crippen molar-refractivity contribution in [2.45, 2.75) is 31.6 Å². The summed E-state index contributed by atoms with van der Waals surface area (Å²) in [5, 5.41) is 0. The van der Waals surface area contributed by atoms with Crippen LogP contribution >= 0.6 is 15.9 Å². The van der Waals surface area contributed by atoms with Gasteiger partial charge >= 0.3 is 0 Å². The van der Waals surface area contributed by atoms with E-state index in [2.05, 4.69) is 28.1 Å². The minimum Gasteiger partial charge on any atom is -0.294 e. The second-order valence-electron chi connectivity index (χ2n) is 5.57. The zero-order valence-corrected chi connectivity index (χ0v) is 13.2. The number of carbonyl (C=O) groups is 1. The van der Waals surface area contributed by atoms with Gasteiger partial charge < -0.3 is 0 Å². The molecule has 1 unspecified atom stereocenters. The van der Waals surface area contributed by atoms with Crippen LogP contribution in [0.2, 0.25) is 0 Å². The highest BCUT2D eigenvalue weighted by Crippen LogP contribution is 2.34. The van der Waals surface area contributed by atoms with Crippen molar-refractivity contribution in [2.75, 3.05) is 0 Å². The lowest BCUT2D eigenvalue weighted by Gasteiger charge is -2.25. The largest absolute Gasteiger partial charge is 0.294 e. The quantitative estimate of drug-likeness (QED) is 0.691. The third-order valence-electron chi connectivity index (χ3n) is 4.11. The van der Waals surface area contributed by atoms with Crippen LogP contribution in [0.1, 0.15) is 46.7 Å². The van der Waals surface area contributed by atoms with E-state index in [0.29, 0.717) is 16.5 Å². The maximum Gasteiger partial charge on any atom is 0.163 e. The number of fused-ring (bicyclic) bond motifs is 1. The molecule has 0 amide bonds. The topological polar surface area (TPSA) is 17.1 Å². The van der Waals surface area contributed by atoms with Crippen LogP contribution in [-0.4, -0.2) is 5.78 Å². The first-order chi connectivity index (χ1) is 10.1. The van der Waals surface area contributed by atoms with Crippen molar-refractivity contribution in [3.63, 3.8) is 0 Å². The third kappa shape index (κ3) is 3.24. The van der Waals surface area contributed by atoms with Gasteiger partial charge in [0.05, 0.1) is 0 Å². The summed E-state index contributed by atoms with van der Waals surface area (Å²) in [5.41, 5.74) is 3.08. The Balaban J connectivity index is 1.82. The van der Waals surface area contributed by atoms with Gasteiger partial charge in [-0.2, -0.15) is 0 Å². The first kappa shape index (κ1) is 14.5. The normalized spacial score (nSPS) is 17.3. The van der Waals surface area contributed by atoms with Crippen LogP contribution in [0.4, 0.5) is 4.39 Å². The van der Waals surface area contributed by atoms with E-state index < -0.39 is 0 Å². The number of hydrogen-bond acceptors (Lipinski definition) is 1. The van der Waals surface area contributed by atoms with Crippen LogP contribution in [0.3, 0.4) is 0 Å². The molecule has 0 saturated carbocycles. The Morgan fingerprint density at radius 1 is 1.24 bits per heavy atom. The Morgan fingerprint density at radius 3 is 2.86 bits per heavy atom. The second kappa shape index (κ2) is 6.10. The lowest BCUT2D eigenvalue weighted by atomic mass is 9.79. The van der Waals surface area contributed by atoms with Gasteiger partial charge in [-0.1, -0.05) is 40.2 Å². The molecule has 3 rings (SSSR count). The highest BCUT2D eigenvalue weighted by molar-refractivity contribution is 9.10. The molecule has 108 valence electrons. The first-order valence-corrected chi connectivity index (χ1v) is 8.00. The van der Waals surface area contributed by atoms with E-state index in [4.69, 9.17) is 0 Å². The van der Waals surface area contributed by atoms with Gasteiger partial charge in [0.25, 0.3) is 0 Å². The molecule has 1 aliphatic carbocycles. The summed E-state index contributed by atoms with van der Waals surface area (Å²) in [6, 6.07) is 12.7. The van der Waals surface area contributed by atoms with Crippen LogP contribution in [0.25, 0.3) is 0 Å². The van der Waals surface area contributed by atoms with E-state index >= 15 is 0 Å². The van der Waals surface area contributed by atoms with Gasteiger partial charge in [-0.15, -0.1) is 0 Å². The second-order valence-corrected chi connectivity index (χ2v) is 6.49. The first-order valence-electron chi connectivity index (χ1n) is 7.20. The average molecular weight is 347 g/mol. The van der Waals surface area contributed by atoms with Crippen molar-refractivity contribution in [3.8, 4) is 0 Å². The van der Waals surface area contributed by atoms with E-state index in [-0.39, 0.29) is 17.5 Å². The number of carbonyl (C=O) groups excluding carboxylic acids is 1. The van der Waals surface area contributed by atoms with Crippen LogP contribution in [0.15, 0.2) is 46.9 Å². The molecule has 3 heteroatoms. The monoisotopic (exact) mass is 346 g/mol. The Morgan fingerprint density at radius 2 is 2.05 bits per heavy atom. The van der Waals surface area contributed by atoms with Gasteiger partial charge in [0.1, 0.15) is 5.82 Å². The van der Waals surface area contributed by atoms with Crippen molar-refractivity contribution in [2.24, 2.45) is 0 Å². The summed E-state index contributed by atoms with van der Waals surface area (Å²) in [4.78, 5) is 12.4. The number of ketones is 1. The fourth-order valence-corrected chi connectivity index (χ4v) is 3.59. The van der Waals surface area contributed by atoms with Gasteiger partial charge in [0.15, 0.2) is 5.78 Å². The Bertz CT molecular complexity index is 660. The number of aryl methyl sites for hydroxylation is 1. The molecule has 2 aromatic carbocycles. The van der Waals surface area contributed by atoms with Gasteiger partial charge in [-0.05, 0) is 54.5 Å². The number of Topliss-reactive ketones (excluding diaryl/α,β-unsaturated/α-hetero) is 1. The van der Waals surface area contributed by atoms with E-state index in [1.807, 2.05) is 12.1 Å². The number of halogens is 2. The van der Waals surface area contributed by atoms with Crippen molar-refractivity contribution < 1.29 is 9.18 Å². The maximum absolute atomic E-state index is 13.4. The van der Waals surface area contributed by atoms with Gasteiger partial charge in [0, 0.05) is 16.5 Å². The summed E-state index contributed by atoms with van der Waals surface area (Å²) in [6.45, 7) is 0. The fourth-order valence-electron chi connectivity index (χ4n) is 3.12. The molecule has 0 fully saturated rings. The predicted molar refractivity (Wildman–Crippen MR) is 85.2 cm³/mol. The molecule has 0 radical (unpaired) electrons.